The molecule has 0 amide bonds. The number of rotatable bonds is 4. The van der Waals surface area contributed by atoms with Crippen molar-refractivity contribution in [2.75, 3.05) is 0 Å². The minimum Gasteiger partial charge on any atom is -0.223 e. The summed E-state index contributed by atoms with van der Waals surface area (Å²) in [5, 5.41) is 0. The summed E-state index contributed by atoms with van der Waals surface area (Å²) in [6, 6.07) is 0. The van der Waals surface area contributed by atoms with Crippen molar-refractivity contribution >= 4 is 0 Å². The fourth-order valence-electron chi connectivity index (χ4n) is 2.15. The molecule has 0 bridgehead atoms. The van der Waals surface area contributed by atoms with E-state index in [4.69, 9.17) is 0 Å². The Bertz CT molecular complexity index is 626. The van der Waals surface area contributed by atoms with E-state index in [9.17, 15) is 83.4 Å². The maximum absolute atomic E-state index is 13.9. The van der Waals surface area contributed by atoms with E-state index in [2.05, 4.69) is 0 Å². The summed E-state index contributed by atoms with van der Waals surface area (Å²) in [7, 11) is 0. The fraction of sp³-hybridized carbons (Fsp3) is 0.900. The van der Waals surface area contributed by atoms with Crippen molar-refractivity contribution in [2.45, 2.75) is 53.0 Å². The first-order valence-corrected chi connectivity index (χ1v) is 6.09. The van der Waals surface area contributed by atoms with Gasteiger partial charge in [-0.15, -0.1) is 0 Å². The molecule has 1 radical (unpaired) electrons. The van der Waals surface area contributed by atoms with Gasteiger partial charge in [-0.25, -0.2) is 4.39 Å². The second kappa shape index (κ2) is 5.67. The molecule has 173 valence electrons. The van der Waals surface area contributed by atoms with Crippen LogP contribution in [0.1, 0.15) is 0 Å². The Morgan fingerprint density at radius 1 is 0.448 bits per heavy atom. The van der Waals surface area contributed by atoms with Crippen molar-refractivity contribution in [3.63, 3.8) is 0 Å². The molecule has 1 fully saturated rings. The molecular formula is C10F19. The molecule has 0 heterocycles. The van der Waals surface area contributed by atoms with Crippen LogP contribution in [0.3, 0.4) is 0 Å². The Balaban J connectivity index is 4.10. The largest absolute Gasteiger partial charge is 0.385 e. The lowest BCUT2D eigenvalue weighted by Crippen LogP contribution is -2.89. The van der Waals surface area contributed by atoms with Gasteiger partial charge in [-0.05, 0) is 0 Å². The lowest BCUT2D eigenvalue weighted by atomic mass is 9.67. The van der Waals surface area contributed by atoms with Gasteiger partial charge in [-0.3, -0.25) is 0 Å². The molecule has 0 atom stereocenters. The SMILES string of the molecule is F[C](F)C(F)(F)C(F)(F)C(F)(F)C1(F)C(F)(F)C(F)(F)C(F)(F)C(F)(F)C1(F)F. The Morgan fingerprint density at radius 3 is 0.931 bits per heavy atom. The zero-order valence-corrected chi connectivity index (χ0v) is 12.2. The summed E-state index contributed by atoms with van der Waals surface area (Å²) in [4.78, 5) is 0. The van der Waals surface area contributed by atoms with Crippen molar-refractivity contribution in [1.29, 1.82) is 0 Å². The van der Waals surface area contributed by atoms with Crippen molar-refractivity contribution in [2.24, 2.45) is 0 Å². The van der Waals surface area contributed by atoms with Crippen LogP contribution < -0.4 is 0 Å². The second-order valence-corrected chi connectivity index (χ2v) is 5.51. The predicted molar refractivity (Wildman–Crippen MR) is 48.9 cm³/mol. The van der Waals surface area contributed by atoms with E-state index in [1.807, 2.05) is 0 Å². The Morgan fingerprint density at radius 2 is 0.690 bits per heavy atom. The van der Waals surface area contributed by atoms with Crippen LogP contribution in [0.5, 0.6) is 0 Å². The third-order valence-electron chi connectivity index (χ3n) is 3.90. The maximum atomic E-state index is 13.9. The van der Waals surface area contributed by atoms with Gasteiger partial charge in [0.15, 0.2) is 0 Å². The Kier molecular flexibility index (Phi) is 5.03. The zero-order chi connectivity index (χ0) is 24.1. The van der Waals surface area contributed by atoms with E-state index in [1.165, 1.54) is 0 Å². The van der Waals surface area contributed by atoms with Gasteiger partial charge in [0, 0.05) is 0 Å². The van der Waals surface area contributed by atoms with Crippen LogP contribution in [0, 0.1) is 6.43 Å². The van der Waals surface area contributed by atoms with E-state index in [0.29, 0.717) is 0 Å². The quantitative estimate of drug-likeness (QED) is 0.419. The third-order valence-corrected chi connectivity index (χ3v) is 3.90. The molecule has 0 N–H and O–H groups in total. The topological polar surface area (TPSA) is 0 Å². The molecule has 0 spiro atoms. The molecule has 0 saturated heterocycles. The van der Waals surface area contributed by atoms with Crippen LogP contribution in [0.25, 0.3) is 0 Å². The van der Waals surface area contributed by atoms with Gasteiger partial charge in [-0.2, -0.15) is 79.0 Å². The molecule has 0 aromatic heterocycles. The molecule has 0 aromatic rings. The van der Waals surface area contributed by atoms with Gasteiger partial charge in [0.2, 0.25) is 0 Å². The van der Waals surface area contributed by atoms with Crippen molar-refractivity contribution in [1.82, 2.24) is 0 Å². The third kappa shape index (κ3) is 2.21. The highest BCUT2D eigenvalue weighted by Gasteiger charge is 3.07. The molecule has 1 saturated carbocycles. The van der Waals surface area contributed by atoms with Crippen LogP contribution in [-0.2, 0) is 0 Å². The summed E-state index contributed by atoms with van der Waals surface area (Å²) < 4.78 is 246. The van der Waals surface area contributed by atoms with Crippen LogP contribution in [0.2, 0.25) is 0 Å². The van der Waals surface area contributed by atoms with Gasteiger partial charge in [-0.1, -0.05) is 0 Å². The van der Waals surface area contributed by atoms with Crippen molar-refractivity contribution in [3.8, 4) is 0 Å². The first-order valence-electron chi connectivity index (χ1n) is 6.09. The van der Waals surface area contributed by atoms with Gasteiger partial charge < -0.3 is 0 Å². The number of alkyl halides is 17. The Hall–Kier alpha value is -1.33. The van der Waals surface area contributed by atoms with Crippen LogP contribution in [0.15, 0.2) is 0 Å². The predicted octanol–water partition coefficient (Wildman–Crippen LogP) is 6.22. The van der Waals surface area contributed by atoms with Gasteiger partial charge in [0.25, 0.3) is 0 Å². The lowest BCUT2D eigenvalue weighted by molar-refractivity contribution is -0.520. The Labute approximate surface area is 144 Å². The van der Waals surface area contributed by atoms with E-state index in [0.717, 1.165) is 0 Å². The summed E-state index contributed by atoms with van der Waals surface area (Å²) >= 11 is 0. The number of hydrogen-bond donors (Lipinski definition) is 0. The maximum Gasteiger partial charge on any atom is 0.385 e. The molecule has 0 nitrogen and oxygen atoms in total. The van der Waals surface area contributed by atoms with Crippen molar-refractivity contribution in [3.05, 3.63) is 6.43 Å². The highest BCUT2D eigenvalue weighted by molar-refractivity contribution is 5.32. The monoisotopic (exact) mass is 481 g/mol. The molecule has 29 heavy (non-hydrogen) atoms. The molecule has 0 aliphatic heterocycles. The molecule has 19 heteroatoms. The van der Waals surface area contributed by atoms with Gasteiger partial charge in [0.1, 0.15) is 0 Å². The lowest BCUT2D eigenvalue weighted by Gasteiger charge is -2.55. The summed E-state index contributed by atoms with van der Waals surface area (Å²) in [5.41, 5.74) is -8.94. The first-order chi connectivity index (χ1) is 12.2. The van der Waals surface area contributed by atoms with Crippen LogP contribution in [0.4, 0.5) is 83.4 Å². The highest BCUT2D eigenvalue weighted by Crippen LogP contribution is 2.74. The second-order valence-electron chi connectivity index (χ2n) is 5.51. The van der Waals surface area contributed by atoms with Crippen LogP contribution in [-0.4, -0.2) is 53.0 Å². The number of hydrogen-bond acceptors (Lipinski definition) is 0. The number of halogens is 19. The minimum absolute atomic E-state index is 5.21. The first kappa shape index (κ1) is 25.7. The minimum atomic E-state index is -8.94. The molecule has 1 aliphatic carbocycles. The standard InChI is InChI=1S/C10F19/c11-1(12)2(13,14)4(16,17)5(18,19)3(15)6(20,21)8(24,25)10(28,29)9(26,27)7(3,22)23. The van der Waals surface area contributed by atoms with E-state index < -0.39 is 59.5 Å². The van der Waals surface area contributed by atoms with Crippen LogP contribution >= 0.6 is 0 Å². The van der Waals surface area contributed by atoms with E-state index in [-0.39, 0.29) is 0 Å². The summed E-state index contributed by atoms with van der Waals surface area (Å²) in [6.45, 7) is 0. The average Bonchev–Trinajstić information content (AvgIpc) is 2.51. The average molecular weight is 481 g/mol. The fourth-order valence-corrected chi connectivity index (χ4v) is 2.15. The normalized spacial score (nSPS) is 27.7. The van der Waals surface area contributed by atoms with E-state index in [1.54, 1.807) is 0 Å². The molecule has 1 rings (SSSR count). The summed E-state index contributed by atoms with van der Waals surface area (Å²) in [5.74, 6) is -67.4. The van der Waals surface area contributed by atoms with Gasteiger partial charge >= 0.3 is 59.5 Å². The zero-order valence-electron chi connectivity index (χ0n) is 12.2. The summed E-state index contributed by atoms with van der Waals surface area (Å²) in [6.07, 6.45) is -5.21. The van der Waals surface area contributed by atoms with E-state index >= 15 is 0 Å². The van der Waals surface area contributed by atoms with Gasteiger partial charge in [0.05, 0.1) is 0 Å². The smallest absolute Gasteiger partial charge is 0.223 e. The molecule has 1 aliphatic rings. The highest BCUT2D eigenvalue weighted by atomic mass is 19.4. The molecule has 0 unspecified atom stereocenters. The van der Waals surface area contributed by atoms with Crippen molar-refractivity contribution < 1.29 is 83.4 Å². The molecular weight excluding hydrogens is 481 g/mol. The molecule has 0 aromatic carbocycles.